The molecule has 2 aromatic carbocycles. The minimum atomic E-state index is -0.819. The van der Waals surface area contributed by atoms with E-state index in [2.05, 4.69) is 0 Å². The van der Waals surface area contributed by atoms with E-state index in [-0.39, 0.29) is 23.9 Å². The van der Waals surface area contributed by atoms with E-state index >= 15 is 0 Å². The Hall–Kier alpha value is -3.22. The van der Waals surface area contributed by atoms with Gasteiger partial charge >= 0.3 is 5.97 Å². The molecule has 0 atom stereocenters. The average molecular weight is 330 g/mol. The number of phenols is 1. The zero-order chi connectivity index (χ0) is 17.1. The number of ketones is 1. The summed E-state index contributed by atoms with van der Waals surface area (Å²) in [4.78, 5) is 24.1. The van der Waals surface area contributed by atoms with Crippen molar-refractivity contribution in [1.82, 2.24) is 0 Å². The molecule has 0 radical (unpaired) electrons. The number of para-hydroxylation sites is 1. The van der Waals surface area contributed by atoms with Crippen LogP contribution in [0.5, 0.6) is 23.0 Å². The number of hydrogen-bond acceptors (Lipinski definition) is 7. The quantitative estimate of drug-likeness (QED) is 0.663. The Balaban J connectivity index is 1.67. The maximum absolute atomic E-state index is 12.1. The SMILES string of the molecule is COc1cccc(C(=O)OCC(=O)c2ccc3c(c2)OCO3)c1O. The molecule has 0 saturated heterocycles. The summed E-state index contributed by atoms with van der Waals surface area (Å²) in [5, 5.41) is 9.91. The molecule has 0 aromatic heterocycles. The van der Waals surface area contributed by atoms with E-state index < -0.39 is 18.4 Å². The molecular formula is C17H14O7. The van der Waals surface area contributed by atoms with E-state index in [0.29, 0.717) is 17.1 Å². The van der Waals surface area contributed by atoms with Crippen molar-refractivity contribution in [2.24, 2.45) is 0 Å². The van der Waals surface area contributed by atoms with Gasteiger partial charge in [0.05, 0.1) is 7.11 Å². The fourth-order valence-corrected chi connectivity index (χ4v) is 2.21. The highest BCUT2D eigenvalue weighted by Gasteiger charge is 2.20. The summed E-state index contributed by atoms with van der Waals surface area (Å²) < 4.78 is 20.3. The minimum absolute atomic E-state index is 0.0761. The van der Waals surface area contributed by atoms with Gasteiger partial charge in [-0.25, -0.2) is 4.79 Å². The normalized spacial score (nSPS) is 11.9. The summed E-state index contributed by atoms with van der Waals surface area (Å²) in [6.45, 7) is -0.355. The molecule has 0 unspecified atom stereocenters. The van der Waals surface area contributed by atoms with E-state index in [1.807, 2.05) is 0 Å². The molecule has 24 heavy (non-hydrogen) atoms. The predicted molar refractivity (Wildman–Crippen MR) is 81.8 cm³/mol. The number of esters is 1. The molecule has 7 nitrogen and oxygen atoms in total. The van der Waals surface area contributed by atoms with E-state index in [0.717, 1.165) is 0 Å². The fraction of sp³-hybridized carbons (Fsp3) is 0.176. The van der Waals surface area contributed by atoms with Gasteiger partial charge in [-0.1, -0.05) is 6.07 Å². The van der Waals surface area contributed by atoms with Crippen LogP contribution >= 0.6 is 0 Å². The lowest BCUT2D eigenvalue weighted by Gasteiger charge is -2.09. The maximum atomic E-state index is 12.1. The van der Waals surface area contributed by atoms with Crippen LogP contribution in [0.1, 0.15) is 20.7 Å². The van der Waals surface area contributed by atoms with Gasteiger partial charge in [0.1, 0.15) is 5.56 Å². The number of fused-ring (bicyclic) bond motifs is 1. The molecule has 0 spiro atoms. The molecule has 0 aliphatic carbocycles. The van der Waals surface area contributed by atoms with Gasteiger partial charge < -0.3 is 24.1 Å². The standard InChI is InChI=1S/C17H14O7/c1-21-14-4-2-3-11(16(14)19)17(20)22-8-12(18)10-5-6-13-15(7-10)24-9-23-13/h2-7,19H,8-9H2,1H3. The third kappa shape index (κ3) is 2.96. The highest BCUT2D eigenvalue weighted by molar-refractivity contribution is 6.00. The van der Waals surface area contributed by atoms with Crippen molar-refractivity contribution < 1.29 is 33.6 Å². The Bertz CT molecular complexity index is 798. The predicted octanol–water partition coefficient (Wildman–Crippen LogP) is 2.17. The molecule has 1 aliphatic heterocycles. The summed E-state index contributed by atoms with van der Waals surface area (Å²) in [5.74, 6) is -0.376. The number of rotatable bonds is 5. The van der Waals surface area contributed by atoms with Crippen LogP contribution < -0.4 is 14.2 Å². The zero-order valence-corrected chi connectivity index (χ0v) is 12.8. The van der Waals surface area contributed by atoms with Crippen LogP contribution in [0.15, 0.2) is 36.4 Å². The summed E-state index contributed by atoms with van der Waals surface area (Å²) >= 11 is 0. The molecule has 0 bridgehead atoms. The number of Topliss-reactive ketones (excluding diaryl/α,β-unsaturated/α-hetero) is 1. The van der Waals surface area contributed by atoms with Crippen LogP contribution in [0.25, 0.3) is 0 Å². The second-order valence-electron chi connectivity index (χ2n) is 4.92. The molecule has 0 amide bonds. The van der Waals surface area contributed by atoms with Crippen LogP contribution in [0.2, 0.25) is 0 Å². The molecule has 124 valence electrons. The first-order valence-electron chi connectivity index (χ1n) is 7.06. The lowest BCUT2D eigenvalue weighted by molar-refractivity contribution is 0.0471. The van der Waals surface area contributed by atoms with Crippen molar-refractivity contribution in [3.63, 3.8) is 0 Å². The average Bonchev–Trinajstić information content (AvgIpc) is 3.07. The molecule has 1 N–H and O–H groups in total. The number of phenolic OH excluding ortho intramolecular Hbond substituents is 1. The van der Waals surface area contributed by atoms with Gasteiger partial charge in [-0.05, 0) is 30.3 Å². The van der Waals surface area contributed by atoms with Crippen LogP contribution in [-0.2, 0) is 4.74 Å². The second kappa shape index (κ2) is 6.49. The zero-order valence-electron chi connectivity index (χ0n) is 12.8. The monoisotopic (exact) mass is 330 g/mol. The maximum Gasteiger partial charge on any atom is 0.342 e. The summed E-state index contributed by atoms with van der Waals surface area (Å²) in [6, 6.07) is 9.13. The van der Waals surface area contributed by atoms with E-state index in [9.17, 15) is 14.7 Å². The number of aromatic hydroxyl groups is 1. The lowest BCUT2D eigenvalue weighted by atomic mass is 10.1. The highest BCUT2D eigenvalue weighted by atomic mass is 16.7. The number of carbonyl (C=O) groups excluding carboxylic acids is 2. The Kier molecular flexibility index (Phi) is 4.24. The van der Waals surface area contributed by atoms with Gasteiger partial charge in [0, 0.05) is 5.56 Å². The first-order chi connectivity index (χ1) is 11.6. The van der Waals surface area contributed by atoms with Crippen LogP contribution in [0.4, 0.5) is 0 Å². The van der Waals surface area contributed by atoms with E-state index in [1.54, 1.807) is 12.1 Å². The van der Waals surface area contributed by atoms with Gasteiger partial charge in [0.15, 0.2) is 35.4 Å². The molecular weight excluding hydrogens is 316 g/mol. The van der Waals surface area contributed by atoms with E-state index in [4.69, 9.17) is 18.9 Å². The van der Waals surface area contributed by atoms with Crippen molar-refractivity contribution in [2.45, 2.75) is 0 Å². The molecule has 0 saturated carbocycles. The van der Waals surface area contributed by atoms with Crippen molar-refractivity contribution in [3.05, 3.63) is 47.5 Å². The first-order valence-corrected chi connectivity index (χ1v) is 7.06. The summed E-state index contributed by atoms with van der Waals surface area (Å²) in [6.07, 6.45) is 0. The van der Waals surface area contributed by atoms with Crippen molar-refractivity contribution >= 4 is 11.8 Å². The Morgan fingerprint density at radius 1 is 1.17 bits per heavy atom. The van der Waals surface area contributed by atoms with Crippen LogP contribution in [0, 0.1) is 0 Å². The van der Waals surface area contributed by atoms with Crippen molar-refractivity contribution in [2.75, 3.05) is 20.5 Å². The number of benzene rings is 2. The number of methoxy groups -OCH3 is 1. The van der Waals surface area contributed by atoms with Crippen LogP contribution in [-0.4, -0.2) is 37.4 Å². The second-order valence-corrected chi connectivity index (χ2v) is 4.92. The Morgan fingerprint density at radius 2 is 1.96 bits per heavy atom. The molecule has 0 fully saturated rings. The first kappa shape index (κ1) is 15.7. The molecule has 1 aliphatic rings. The van der Waals surface area contributed by atoms with Crippen molar-refractivity contribution in [1.29, 1.82) is 0 Å². The van der Waals surface area contributed by atoms with Crippen molar-refractivity contribution in [3.8, 4) is 23.0 Å². The van der Waals surface area contributed by atoms with Gasteiger partial charge in [0.25, 0.3) is 0 Å². The minimum Gasteiger partial charge on any atom is -0.504 e. The molecule has 2 aromatic rings. The Labute approximate surface area is 137 Å². The molecule has 7 heteroatoms. The number of carbonyl (C=O) groups is 2. The molecule has 3 rings (SSSR count). The topological polar surface area (TPSA) is 91.3 Å². The lowest BCUT2D eigenvalue weighted by Crippen LogP contribution is -2.14. The van der Waals surface area contributed by atoms with Gasteiger partial charge in [-0.15, -0.1) is 0 Å². The third-order valence-corrected chi connectivity index (χ3v) is 3.47. The smallest absolute Gasteiger partial charge is 0.342 e. The van der Waals surface area contributed by atoms with E-state index in [1.165, 1.54) is 31.4 Å². The number of ether oxygens (including phenoxy) is 4. The Morgan fingerprint density at radius 3 is 2.75 bits per heavy atom. The summed E-state index contributed by atoms with van der Waals surface area (Å²) in [7, 11) is 1.37. The van der Waals surface area contributed by atoms with Crippen LogP contribution in [0.3, 0.4) is 0 Å². The molecule has 1 heterocycles. The largest absolute Gasteiger partial charge is 0.504 e. The number of hydrogen-bond donors (Lipinski definition) is 1. The van der Waals surface area contributed by atoms with Gasteiger partial charge in [0.2, 0.25) is 6.79 Å². The fourth-order valence-electron chi connectivity index (χ4n) is 2.21. The third-order valence-electron chi connectivity index (χ3n) is 3.47. The summed E-state index contributed by atoms with van der Waals surface area (Å²) in [5.41, 5.74) is 0.259. The van der Waals surface area contributed by atoms with Gasteiger partial charge in [-0.2, -0.15) is 0 Å². The van der Waals surface area contributed by atoms with Gasteiger partial charge in [-0.3, -0.25) is 4.79 Å². The highest BCUT2D eigenvalue weighted by Crippen LogP contribution is 2.33.